The molecule has 4 aromatic rings. The summed E-state index contributed by atoms with van der Waals surface area (Å²) in [6.07, 6.45) is 3.96. The molecule has 62 heavy (non-hydrogen) atoms. The van der Waals surface area contributed by atoms with E-state index in [0.29, 0.717) is 64.0 Å². The van der Waals surface area contributed by atoms with E-state index < -0.39 is 53.9 Å². The van der Waals surface area contributed by atoms with Gasteiger partial charge in [0, 0.05) is 62.1 Å². The van der Waals surface area contributed by atoms with Crippen LogP contribution in [0.4, 0.5) is 30.4 Å². The van der Waals surface area contributed by atoms with E-state index in [-0.39, 0.29) is 83.8 Å². The van der Waals surface area contributed by atoms with Crippen molar-refractivity contribution in [3.63, 3.8) is 0 Å². The van der Waals surface area contributed by atoms with Crippen molar-refractivity contribution in [1.29, 1.82) is 0 Å². The van der Waals surface area contributed by atoms with Crippen molar-refractivity contribution in [2.45, 2.75) is 94.6 Å². The Balaban J connectivity index is 0.776. The number of anilines is 3. The number of amides is 6. The highest BCUT2D eigenvalue weighted by Gasteiger charge is 2.45. The van der Waals surface area contributed by atoms with Crippen molar-refractivity contribution >= 4 is 58.3 Å². The highest BCUT2D eigenvalue weighted by atomic mass is 19.3. The fraction of sp³-hybridized carbons (Fsp3) is 0.488. The largest absolute Gasteiger partial charge is 0.371 e. The monoisotopic (exact) mass is 858 g/mol. The summed E-state index contributed by atoms with van der Waals surface area (Å²) in [5.41, 5.74) is 6.63. The molecule has 1 saturated carbocycles. The summed E-state index contributed by atoms with van der Waals surface area (Å²) < 4.78 is 45.6. The molecule has 6 amide bonds. The summed E-state index contributed by atoms with van der Waals surface area (Å²) in [7, 11) is 0. The first-order valence-corrected chi connectivity index (χ1v) is 20.9. The van der Waals surface area contributed by atoms with Crippen molar-refractivity contribution in [2.24, 2.45) is 11.7 Å². The fourth-order valence-electron chi connectivity index (χ4n) is 9.36. The van der Waals surface area contributed by atoms with Crippen LogP contribution in [0.5, 0.6) is 0 Å². The van der Waals surface area contributed by atoms with Crippen LogP contribution in [0.2, 0.25) is 0 Å². The molecule has 3 saturated heterocycles. The molecule has 4 fully saturated rings. The van der Waals surface area contributed by atoms with E-state index in [0.717, 1.165) is 10.6 Å². The van der Waals surface area contributed by atoms with Gasteiger partial charge in [-0.25, -0.2) is 22.7 Å². The summed E-state index contributed by atoms with van der Waals surface area (Å²) in [5.74, 6) is -2.85. The Morgan fingerprint density at radius 3 is 2.40 bits per heavy atom. The Kier molecular flexibility index (Phi) is 10.9. The normalized spacial score (nSPS) is 24.8. The Bertz CT molecular complexity index is 2450. The Labute approximate surface area is 352 Å². The number of alkyl halides is 3. The second kappa shape index (κ2) is 16.5. The predicted molar refractivity (Wildman–Crippen MR) is 215 cm³/mol. The number of carbonyl (C=O) groups is 6. The van der Waals surface area contributed by atoms with Crippen molar-refractivity contribution in [3.05, 3.63) is 65.2 Å². The molecule has 9 rings (SSSR count). The number of nitrogens with one attached hydrogen (secondary N) is 3. The topological polar surface area (TPSA) is 222 Å². The molecule has 0 bridgehead atoms. The van der Waals surface area contributed by atoms with E-state index in [9.17, 15) is 41.9 Å². The summed E-state index contributed by atoms with van der Waals surface area (Å²) in [4.78, 5) is 86.6. The molecular weight excluding hydrogens is 814 g/mol. The SMILES string of the molecule is N[C@@H]1C[C@@H](F)CN(c2ccn3ncc(C(=O)Nc4cn(C5CCC(NC(=O)C6CCN(c7ccc8c(c7)C(=O)N(C7CCC(=O)NC7=O)C8=O)CC6)CC5)nc4C(F)F)c3n2)C1. The minimum atomic E-state index is -2.97. The first-order valence-electron chi connectivity index (χ1n) is 20.9. The lowest BCUT2D eigenvalue weighted by Crippen LogP contribution is -2.54. The zero-order valence-corrected chi connectivity index (χ0v) is 33.5. The van der Waals surface area contributed by atoms with Gasteiger partial charge in [-0.05, 0) is 75.6 Å². The number of hydrogen-bond donors (Lipinski definition) is 4. The number of nitrogens with zero attached hydrogens (tertiary/aromatic N) is 8. The van der Waals surface area contributed by atoms with Gasteiger partial charge in [0.1, 0.15) is 23.6 Å². The highest BCUT2D eigenvalue weighted by Crippen LogP contribution is 2.35. The standard InChI is InChI=1S/C41H45F3N12O6/c42-22-15-23(45)19-53(18-22)32-11-14-54-36(49-32)29(17-46-54)38(59)48-30-20-55(51-34(30)35(43)44)25-3-1-24(2-4-25)47-37(58)21-9-12-52(13-10-21)26-5-6-27-28(16-26)41(62)56(40(27)61)31-7-8-33(57)50-39(31)60/h5-6,11,14,16-17,20-25,31,35H,1-4,7-10,12-13,15,18-19,45H2,(H,47,58)(H,48,59)(H,50,57,60)/t22-,23-,24?,25?,31?/m1/s1. The lowest BCUT2D eigenvalue weighted by Gasteiger charge is -2.35. The van der Waals surface area contributed by atoms with Crippen molar-refractivity contribution in [3.8, 4) is 0 Å². The molecule has 0 spiro atoms. The third kappa shape index (κ3) is 7.84. The van der Waals surface area contributed by atoms with E-state index in [1.165, 1.54) is 21.6 Å². The third-order valence-electron chi connectivity index (χ3n) is 12.6. The molecule has 5 aliphatic rings. The fourth-order valence-corrected chi connectivity index (χ4v) is 9.36. The van der Waals surface area contributed by atoms with Crippen LogP contribution in [0.3, 0.4) is 0 Å². The molecule has 18 nitrogen and oxygen atoms in total. The molecule has 1 aromatic carbocycles. The van der Waals surface area contributed by atoms with Gasteiger partial charge in [0.2, 0.25) is 17.7 Å². The molecule has 4 aliphatic heterocycles. The first-order chi connectivity index (χ1) is 29.8. The van der Waals surface area contributed by atoms with Crippen LogP contribution in [-0.2, 0) is 14.4 Å². The number of aromatic nitrogens is 5. The average Bonchev–Trinajstić information content (AvgIpc) is 3.95. The quantitative estimate of drug-likeness (QED) is 0.179. The Morgan fingerprint density at radius 1 is 0.919 bits per heavy atom. The number of benzene rings is 1. The first kappa shape index (κ1) is 41.0. The zero-order chi connectivity index (χ0) is 43.4. The molecule has 3 atom stereocenters. The van der Waals surface area contributed by atoms with Crippen LogP contribution in [-0.4, -0.2) is 115 Å². The van der Waals surface area contributed by atoms with Crippen LogP contribution in [0.25, 0.3) is 5.65 Å². The molecule has 3 aromatic heterocycles. The van der Waals surface area contributed by atoms with Gasteiger partial charge in [-0.3, -0.25) is 43.7 Å². The minimum Gasteiger partial charge on any atom is -0.371 e. The van der Waals surface area contributed by atoms with Crippen LogP contribution in [0, 0.1) is 5.92 Å². The third-order valence-corrected chi connectivity index (χ3v) is 12.6. The number of hydrogen-bond acceptors (Lipinski definition) is 12. The lowest BCUT2D eigenvalue weighted by molar-refractivity contribution is -0.136. The van der Waals surface area contributed by atoms with E-state index >= 15 is 0 Å². The average molecular weight is 859 g/mol. The minimum absolute atomic E-state index is 0.0351. The maximum absolute atomic E-state index is 14.3. The van der Waals surface area contributed by atoms with Gasteiger partial charge < -0.3 is 26.2 Å². The second-order valence-corrected chi connectivity index (χ2v) is 16.7. The lowest BCUT2D eigenvalue weighted by atomic mass is 9.89. The Morgan fingerprint density at radius 2 is 1.68 bits per heavy atom. The number of rotatable bonds is 9. The highest BCUT2D eigenvalue weighted by molar-refractivity contribution is 6.23. The van der Waals surface area contributed by atoms with Crippen LogP contribution in [0.1, 0.15) is 107 Å². The van der Waals surface area contributed by atoms with Gasteiger partial charge in [-0.15, -0.1) is 0 Å². The van der Waals surface area contributed by atoms with Gasteiger partial charge in [0.15, 0.2) is 11.3 Å². The molecule has 1 unspecified atom stereocenters. The van der Waals surface area contributed by atoms with Crippen LogP contribution < -0.4 is 31.5 Å². The molecule has 5 N–H and O–H groups in total. The number of imide groups is 2. The summed E-state index contributed by atoms with van der Waals surface area (Å²) in [6, 6.07) is 4.85. The molecule has 21 heteroatoms. The van der Waals surface area contributed by atoms with Gasteiger partial charge in [-0.1, -0.05) is 0 Å². The van der Waals surface area contributed by atoms with Gasteiger partial charge in [0.25, 0.3) is 24.1 Å². The number of fused-ring (bicyclic) bond motifs is 2. The molecule has 326 valence electrons. The van der Waals surface area contributed by atoms with E-state index in [1.54, 1.807) is 35.4 Å². The predicted octanol–water partition coefficient (Wildman–Crippen LogP) is 2.91. The summed E-state index contributed by atoms with van der Waals surface area (Å²) >= 11 is 0. The Hall–Kier alpha value is -6.38. The zero-order valence-electron chi connectivity index (χ0n) is 33.5. The van der Waals surface area contributed by atoms with Gasteiger partial charge in [-0.2, -0.15) is 10.2 Å². The van der Waals surface area contributed by atoms with Crippen LogP contribution in [0.15, 0.2) is 42.9 Å². The van der Waals surface area contributed by atoms with Crippen molar-refractivity contribution < 1.29 is 41.9 Å². The number of carbonyl (C=O) groups excluding carboxylic acids is 6. The number of piperidine rings is 3. The van der Waals surface area contributed by atoms with E-state index in [1.807, 2.05) is 0 Å². The second-order valence-electron chi connectivity index (χ2n) is 16.7. The van der Waals surface area contributed by atoms with Gasteiger partial charge in [0.05, 0.1) is 35.6 Å². The smallest absolute Gasteiger partial charge is 0.284 e. The maximum Gasteiger partial charge on any atom is 0.284 e. The molecular formula is C41H45F3N12O6. The maximum atomic E-state index is 14.3. The molecule has 0 radical (unpaired) electrons. The van der Waals surface area contributed by atoms with E-state index in [4.69, 9.17) is 5.73 Å². The molecule has 7 heterocycles. The number of halogens is 3. The number of nitrogens with two attached hydrogens (primary N) is 1. The van der Waals surface area contributed by atoms with Crippen LogP contribution >= 0.6 is 0 Å². The summed E-state index contributed by atoms with van der Waals surface area (Å²) in [6.45, 7) is 1.57. The summed E-state index contributed by atoms with van der Waals surface area (Å²) in [5, 5.41) is 16.3. The van der Waals surface area contributed by atoms with Crippen molar-refractivity contribution in [2.75, 3.05) is 41.3 Å². The molecule has 1 aliphatic carbocycles. The van der Waals surface area contributed by atoms with E-state index in [2.05, 4.69) is 36.0 Å². The van der Waals surface area contributed by atoms with Crippen molar-refractivity contribution in [1.82, 2.24) is 39.9 Å². The van der Waals surface area contributed by atoms with Gasteiger partial charge >= 0.3 is 0 Å².